The molecule has 22 heavy (non-hydrogen) atoms. The van der Waals surface area contributed by atoms with Crippen molar-refractivity contribution in [3.63, 3.8) is 0 Å². The van der Waals surface area contributed by atoms with Crippen molar-refractivity contribution in [2.45, 2.75) is 26.8 Å². The van der Waals surface area contributed by atoms with Gasteiger partial charge < -0.3 is 14.8 Å². The summed E-state index contributed by atoms with van der Waals surface area (Å²) in [6.07, 6.45) is 0. The van der Waals surface area contributed by atoms with E-state index >= 15 is 0 Å². The second-order valence-electron chi connectivity index (χ2n) is 5.48. The predicted molar refractivity (Wildman–Crippen MR) is 88.7 cm³/mol. The van der Waals surface area contributed by atoms with E-state index in [2.05, 4.69) is 30.3 Å². The molecular weight excluding hydrogens is 278 g/mol. The van der Waals surface area contributed by atoms with Crippen molar-refractivity contribution in [1.82, 2.24) is 15.1 Å². The van der Waals surface area contributed by atoms with Crippen molar-refractivity contribution in [2.75, 3.05) is 21.3 Å². The number of rotatable bonds is 5. The highest BCUT2D eigenvalue weighted by molar-refractivity contribution is 5.78. The largest absolute Gasteiger partial charge is 0.493 e. The first-order chi connectivity index (χ1) is 10.4. The molecule has 0 amide bonds. The van der Waals surface area contributed by atoms with Crippen LogP contribution in [0.5, 0.6) is 11.5 Å². The molecule has 0 saturated heterocycles. The monoisotopic (exact) mass is 303 g/mol. The van der Waals surface area contributed by atoms with Crippen molar-refractivity contribution < 1.29 is 9.47 Å². The van der Waals surface area contributed by atoms with Crippen LogP contribution in [-0.2, 0) is 7.05 Å². The number of nitrogens with one attached hydrogen (secondary N) is 1. The zero-order valence-electron chi connectivity index (χ0n) is 14.4. The Hall–Kier alpha value is -2.01. The molecule has 2 aromatic rings. The van der Waals surface area contributed by atoms with Gasteiger partial charge in [-0.05, 0) is 45.5 Å². The van der Waals surface area contributed by atoms with Crippen LogP contribution in [0.4, 0.5) is 0 Å². The normalized spacial score (nSPS) is 12.3. The van der Waals surface area contributed by atoms with Crippen LogP contribution >= 0.6 is 0 Å². The third-order valence-corrected chi connectivity index (χ3v) is 4.21. The molecule has 0 spiro atoms. The highest BCUT2D eigenvalue weighted by Crippen LogP contribution is 2.42. The minimum atomic E-state index is 0.218. The number of benzene rings is 1. The number of ether oxygens (including phenoxy) is 2. The molecule has 0 saturated carbocycles. The van der Waals surface area contributed by atoms with Gasteiger partial charge in [-0.15, -0.1) is 0 Å². The van der Waals surface area contributed by atoms with E-state index in [4.69, 9.17) is 9.47 Å². The highest BCUT2D eigenvalue weighted by Gasteiger charge is 2.21. The lowest BCUT2D eigenvalue weighted by molar-refractivity contribution is 0.355. The molecule has 1 aromatic carbocycles. The zero-order chi connectivity index (χ0) is 16.4. The van der Waals surface area contributed by atoms with Gasteiger partial charge in [0.1, 0.15) is 0 Å². The van der Waals surface area contributed by atoms with Crippen LogP contribution in [0.25, 0.3) is 11.1 Å². The molecule has 0 aliphatic rings. The standard InChI is InChI=1S/C17H25N3O2/c1-10(18-4)13-8-14(17(22-7)15(9-13)21-6)16-11(2)19-20(5)12(16)3/h8-10,18H,1-7H3. The molecule has 5 nitrogen and oxygen atoms in total. The first-order valence-corrected chi connectivity index (χ1v) is 7.38. The lowest BCUT2D eigenvalue weighted by atomic mass is 9.97. The van der Waals surface area contributed by atoms with Gasteiger partial charge in [-0.1, -0.05) is 0 Å². The SMILES string of the molecule is CNC(C)c1cc(OC)c(OC)c(-c2c(C)nn(C)c2C)c1. The van der Waals surface area contributed by atoms with Crippen LogP contribution < -0.4 is 14.8 Å². The van der Waals surface area contributed by atoms with Gasteiger partial charge in [0.2, 0.25) is 0 Å². The summed E-state index contributed by atoms with van der Waals surface area (Å²) in [5.41, 5.74) is 5.35. The lowest BCUT2D eigenvalue weighted by Crippen LogP contribution is -2.12. The van der Waals surface area contributed by atoms with Gasteiger partial charge in [-0.25, -0.2) is 0 Å². The van der Waals surface area contributed by atoms with Crippen molar-refractivity contribution in [3.8, 4) is 22.6 Å². The zero-order valence-corrected chi connectivity index (χ0v) is 14.4. The Morgan fingerprint density at radius 1 is 1.18 bits per heavy atom. The predicted octanol–water partition coefficient (Wildman–Crippen LogP) is 3.00. The van der Waals surface area contributed by atoms with Crippen LogP contribution in [0.15, 0.2) is 12.1 Å². The van der Waals surface area contributed by atoms with Gasteiger partial charge in [-0.3, -0.25) is 4.68 Å². The second-order valence-corrected chi connectivity index (χ2v) is 5.48. The third-order valence-electron chi connectivity index (χ3n) is 4.21. The molecule has 0 fully saturated rings. The van der Waals surface area contributed by atoms with Gasteiger partial charge in [0, 0.05) is 29.9 Å². The second kappa shape index (κ2) is 6.40. The summed E-state index contributed by atoms with van der Waals surface area (Å²) in [4.78, 5) is 0. The maximum Gasteiger partial charge on any atom is 0.168 e. The van der Waals surface area contributed by atoms with E-state index in [1.54, 1.807) is 14.2 Å². The molecular formula is C17H25N3O2. The summed E-state index contributed by atoms with van der Waals surface area (Å²) in [6.45, 7) is 6.20. The summed E-state index contributed by atoms with van der Waals surface area (Å²) in [5, 5.41) is 7.78. The van der Waals surface area contributed by atoms with E-state index in [9.17, 15) is 0 Å². The maximum absolute atomic E-state index is 5.63. The number of methoxy groups -OCH3 is 2. The molecule has 0 aliphatic carbocycles. The molecule has 0 aliphatic heterocycles. The van der Waals surface area contributed by atoms with E-state index in [0.717, 1.165) is 39.6 Å². The number of aryl methyl sites for hydroxylation is 2. The van der Waals surface area contributed by atoms with E-state index in [-0.39, 0.29) is 6.04 Å². The molecule has 1 N–H and O–H groups in total. The quantitative estimate of drug-likeness (QED) is 0.922. The number of hydrogen-bond acceptors (Lipinski definition) is 4. The average molecular weight is 303 g/mol. The summed E-state index contributed by atoms with van der Waals surface area (Å²) >= 11 is 0. The summed E-state index contributed by atoms with van der Waals surface area (Å²) in [7, 11) is 7.24. The fourth-order valence-electron chi connectivity index (χ4n) is 2.75. The molecule has 120 valence electrons. The van der Waals surface area contributed by atoms with E-state index in [1.165, 1.54) is 0 Å². The van der Waals surface area contributed by atoms with Gasteiger partial charge in [0.15, 0.2) is 11.5 Å². The fourth-order valence-corrected chi connectivity index (χ4v) is 2.75. The van der Waals surface area contributed by atoms with Gasteiger partial charge in [0.25, 0.3) is 0 Å². The van der Waals surface area contributed by atoms with Gasteiger partial charge in [0.05, 0.1) is 19.9 Å². The van der Waals surface area contributed by atoms with Crippen molar-refractivity contribution >= 4 is 0 Å². The average Bonchev–Trinajstić information content (AvgIpc) is 2.77. The Balaban J connectivity index is 2.77. The molecule has 1 heterocycles. The van der Waals surface area contributed by atoms with Crippen molar-refractivity contribution in [1.29, 1.82) is 0 Å². The minimum Gasteiger partial charge on any atom is -0.493 e. The van der Waals surface area contributed by atoms with Crippen LogP contribution in [-0.4, -0.2) is 31.0 Å². The molecule has 1 unspecified atom stereocenters. The van der Waals surface area contributed by atoms with Crippen LogP contribution in [0.1, 0.15) is 29.9 Å². The van der Waals surface area contributed by atoms with Gasteiger partial charge in [-0.2, -0.15) is 5.10 Å². The van der Waals surface area contributed by atoms with Crippen LogP contribution in [0.3, 0.4) is 0 Å². The number of aromatic nitrogens is 2. The van der Waals surface area contributed by atoms with E-state index in [1.807, 2.05) is 31.8 Å². The summed E-state index contributed by atoms with van der Waals surface area (Å²) in [5.74, 6) is 1.48. The number of hydrogen-bond donors (Lipinski definition) is 1. The van der Waals surface area contributed by atoms with Crippen molar-refractivity contribution in [3.05, 3.63) is 29.1 Å². The van der Waals surface area contributed by atoms with E-state index in [0.29, 0.717) is 0 Å². The summed E-state index contributed by atoms with van der Waals surface area (Å²) in [6, 6.07) is 4.39. The first-order valence-electron chi connectivity index (χ1n) is 7.38. The molecule has 1 aromatic heterocycles. The minimum absolute atomic E-state index is 0.218. The van der Waals surface area contributed by atoms with Crippen LogP contribution in [0, 0.1) is 13.8 Å². The maximum atomic E-state index is 5.63. The number of nitrogens with zero attached hydrogens (tertiary/aromatic N) is 2. The lowest BCUT2D eigenvalue weighted by Gasteiger charge is -2.18. The molecule has 1 atom stereocenters. The Morgan fingerprint density at radius 2 is 1.86 bits per heavy atom. The van der Waals surface area contributed by atoms with Crippen LogP contribution in [0.2, 0.25) is 0 Å². The van der Waals surface area contributed by atoms with Gasteiger partial charge >= 0.3 is 0 Å². The highest BCUT2D eigenvalue weighted by atomic mass is 16.5. The Morgan fingerprint density at radius 3 is 2.32 bits per heavy atom. The van der Waals surface area contributed by atoms with E-state index < -0.39 is 0 Å². The topological polar surface area (TPSA) is 48.3 Å². The molecule has 2 rings (SSSR count). The molecule has 0 radical (unpaired) electrons. The Labute approximate surface area is 132 Å². The summed E-state index contributed by atoms with van der Waals surface area (Å²) < 4.78 is 13.1. The van der Waals surface area contributed by atoms with Crippen molar-refractivity contribution in [2.24, 2.45) is 7.05 Å². The first kappa shape index (κ1) is 16.4. The third kappa shape index (κ3) is 2.68. The fraction of sp³-hybridized carbons (Fsp3) is 0.471. The smallest absolute Gasteiger partial charge is 0.168 e. The Bertz CT molecular complexity index is 677. The molecule has 5 heteroatoms. The molecule has 0 bridgehead atoms. The Kier molecular flexibility index (Phi) is 4.76.